The van der Waals surface area contributed by atoms with Gasteiger partial charge in [0.05, 0.1) is 38.5 Å². The van der Waals surface area contributed by atoms with Crippen molar-refractivity contribution in [2.24, 2.45) is 11.8 Å². The quantitative estimate of drug-likeness (QED) is 0.273. The first-order valence-corrected chi connectivity index (χ1v) is 15.6. The maximum absolute atomic E-state index is 15.2. The van der Waals surface area contributed by atoms with Crippen molar-refractivity contribution in [2.45, 2.75) is 76.1 Å². The third-order valence-corrected chi connectivity index (χ3v) is 9.77. The molecule has 0 amide bonds. The lowest BCUT2D eigenvalue weighted by Gasteiger charge is -2.38. The van der Waals surface area contributed by atoms with Crippen LogP contribution in [0.15, 0.2) is 48.7 Å². The fraction of sp³-hybridized carbons (Fsp3) is 0.486. The molecule has 1 aromatic heterocycles. The minimum absolute atomic E-state index is 0.00574. The molecule has 0 spiro atoms. The summed E-state index contributed by atoms with van der Waals surface area (Å²) < 4.78 is 32.7. The molecule has 1 N–H and O–H groups in total. The number of halogens is 1. The number of carboxylic acids is 1. The van der Waals surface area contributed by atoms with Crippen LogP contribution in [0, 0.1) is 17.7 Å². The smallest absolute Gasteiger partial charge is 0.306 e. The number of nitrogens with zero attached hydrogens (tertiary/aromatic N) is 2. The summed E-state index contributed by atoms with van der Waals surface area (Å²) in [5, 5.41) is 9.78. The topological polar surface area (TPSA) is 81.1 Å². The molecule has 3 fully saturated rings. The number of aromatic nitrogens is 1. The predicted molar refractivity (Wildman–Crippen MR) is 160 cm³/mol. The summed E-state index contributed by atoms with van der Waals surface area (Å²) >= 11 is 0. The summed E-state index contributed by atoms with van der Waals surface area (Å²) in [6.07, 6.45) is 7.30. The average Bonchev–Trinajstić information content (AvgIpc) is 3.91. The van der Waals surface area contributed by atoms with Gasteiger partial charge in [-0.15, -0.1) is 0 Å². The number of hydrogen-bond donors (Lipinski definition) is 1. The highest BCUT2D eigenvalue weighted by Crippen LogP contribution is 2.48. The van der Waals surface area contributed by atoms with Crippen molar-refractivity contribution < 1.29 is 28.5 Å². The second kappa shape index (κ2) is 11.5. The lowest BCUT2D eigenvalue weighted by molar-refractivity contribution is -0.142. The number of carboxylic acid groups (broad SMARTS) is 1. The van der Waals surface area contributed by atoms with Crippen LogP contribution in [0.25, 0.3) is 11.1 Å². The number of pyridine rings is 1. The molecule has 7 rings (SSSR count). The van der Waals surface area contributed by atoms with Gasteiger partial charge >= 0.3 is 5.97 Å². The van der Waals surface area contributed by atoms with Crippen molar-refractivity contribution in [3.63, 3.8) is 0 Å². The van der Waals surface area contributed by atoms with Crippen molar-refractivity contribution >= 4 is 5.97 Å². The number of carbonyl (C=O) groups is 1. The zero-order valence-corrected chi connectivity index (χ0v) is 24.8. The summed E-state index contributed by atoms with van der Waals surface area (Å²) in [5.74, 6) is 0.0631. The number of aryl methyl sites for hydroxylation is 1. The Morgan fingerprint density at radius 2 is 1.88 bits per heavy atom. The molecular weight excluding hydrogens is 547 g/mol. The van der Waals surface area contributed by atoms with Crippen LogP contribution >= 0.6 is 0 Å². The van der Waals surface area contributed by atoms with Gasteiger partial charge in [0.15, 0.2) is 0 Å². The van der Waals surface area contributed by atoms with Gasteiger partial charge in [-0.25, -0.2) is 9.37 Å². The van der Waals surface area contributed by atoms with E-state index in [9.17, 15) is 9.90 Å². The van der Waals surface area contributed by atoms with Gasteiger partial charge in [0.25, 0.3) is 0 Å². The average molecular weight is 587 g/mol. The second-order valence-electron chi connectivity index (χ2n) is 12.7. The number of fused-ring (bicyclic) bond motifs is 1. The summed E-state index contributed by atoms with van der Waals surface area (Å²) in [5.41, 5.74) is 5.64. The van der Waals surface area contributed by atoms with E-state index in [0.717, 1.165) is 72.5 Å². The fourth-order valence-corrected chi connectivity index (χ4v) is 6.93. The first-order valence-electron chi connectivity index (χ1n) is 15.6. The Bertz CT molecular complexity index is 1520. The van der Waals surface area contributed by atoms with Gasteiger partial charge in [-0.1, -0.05) is 37.3 Å². The van der Waals surface area contributed by atoms with Crippen LogP contribution in [0.3, 0.4) is 0 Å². The molecule has 2 aliphatic carbocycles. The molecule has 7 nitrogen and oxygen atoms in total. The Labute approximate surface area is 252 Å². The van der Waals surface area contributed by atoms with Crippen LogP contribution in [0.4, 0.5) is 4.39 Å². The third kappa shape index (κ3) is 5.75. The number of aliphatic carboxylic acids is 1. The van der Waals surface area contributed by atoms with E-state index in [2.05, 4.69) is 40.2 Å². The summed E-state index contributed by atoms with van der Waals surface area (Å²) in [6.45, 7) is 3.99. The van der Waals surface area contributed by atoms with E-state index in [1.54, 1.807) is 6.07 Å². The van der Waals surface area contributed by atoms with E-state index >= 15 is 4.39 Å². The summed E-state index contributed by atoms with van der Waals surface area (Å²) in [7, 11) is 1.54. The molecule has 2 aromatic carbocycles. The minimum atomic E-state index is -0.752. The lowest BCUT2D eigenvalue weighted by Crippen LogP contribution is -2.49. The van der Waals surface area contributed by atoms with E-state index in [4.69, 9.17) is 14.2 Å². The van der Waals surface area contributed by atoms with Crippen molar-refractivity contribution in [3.8, 4) is 22.8 Å². The molecule has 3 heterocycles. The van der Waals surface area contributed by atoms with E-state index in [1.807, 2.05) is 13.0 Å². The van der Waals surface area contributed by atoms with E-state index < -0.39 is 11.9 Å². The number of rotatable bonds is 11. The van der Waals surface area contributed by atoms with Crippen molar-refractivity contribution in [1.82, 2.24) is 9.88 Å². The number of methoxy groups -OCH3 is 1. The van der Waals surface area contributed by atoms with Gasteiger partial charge in [-0.2, -0.15) is 0 Å². The predicted octanol–water partition coefficient (Wildman–Crippen LogP) is 6.54. The Balaban J connectivity index is 1.21. The van der Waals surface area contributed by atoms with Crippen LogP contribution < -0.4 is 9.47 Å². The lowest BCUT2D eigenvalue weighted by atomic mass is 9.82. The zero-order valence-electron chi connectivity index (χ0n) is 24.8. The van der Waals surface area contributed by atoms with E-state index in [0.29, 0.717) is 36.0 Å². The molecule has 1 unspecified atom stereocenters. The second-order valence-corrected chi connectivity index (χ2v) is 12.7. The minimum Gasteiger partial charge on any atom is -0.485 e. The Morgan fingerprint density at radius 1 is 1.07 bits per heavy atom. The van der Waals surface area contributed by atoms with Gasteiger partial charge < -0.3 is 19.3 Å². The van der Waals surface area contributed by atoms with Crippen LogP contribution in [0.2, 0.25) is 0 Å². The van der Waals surface area contributed by atoms with Crippen molar-refractivity contribution in [1.29, 1.82) is 0 Å². The summed E-state index contributed by atoms with van der Waals surface area (Å²) in [4.78, 5) is 18.5. The number of ether oxygens (including phenoxy) is 3. The highest BCUT2D eigenvalue weighted by Gasteiger charge is 2.40. The molecule has 1 saturated heterocycles. The molecule has 43 heavy (non-hydrogen) atoms. The van der Waals surface area contributed by atoms with Crippen molar-refractivity contribution in [2.75, 3.05) is 20.3 Å². The first kappa shape index (κ1) is 28.3. The fourth-order valence-electron chi connectivity index (χ4n) is 6.93. The molecule has 3 atom stereocenters. The standard InChI is InChI=1S/C35H39FN2O5/c1-20(35(39)40)34(22-4-5-22)24-6-3-21-8-12-31(43-32(21)14-24)23-7-11-28(29-15-33(41-2)37-16-30(29)36)25(13-23)17-38(26-9-10-26)27-18-42-19-27/h3,6-7,11,13-16,20,22,26-27,31,34H,4-5,8-10,12,17-19H2,1-2H3,(H,39,40)/t20-,31?,34-/m0/s1. The Hall–Kier alpha value is -3.49. The largest absolute Gasteiger partial charge is 0.485 e. The molecule has 0 radical (unpaired) electrons. The number of hydrogen-bond acceptors (Lipinski definition) is 6. The summed E-state index contributed by atoms with van der Waals surface area (Å²) in [6, 6.07) is 15.1. The van der Waals surface area contributed by atoms with Crippen LogP contribution in [0.1, 0.15) is 73.3 Å². The van der Waals surface area contributed by atoms with Gasteiger partial charge in [-0.05, 0) is 84.2 Å². The van der Waals surface area contributed by atoms with Gasteiger partial charge in [-0.3, -0.25) is 9.69 Å². The zero-order chi connectivity index (χ0) is 29.7. The van der Waals surface area contributed by atoms with Crippen molar-refractivity contribution in [3.05, 3.63) is 76.7 Å². The van der Waals surface area contributed by atoms with Gasteiger partial charge in [0, 0.05) is 24.2 Å². The Kier molecular flexibility index (Phi) is 7.60. The molecule has 4 aliphatic rings. The van der Waals surface area contributed by atoms with Gasteiger partial charge in [0.1, 0.15) is 17.7 Å². The molecule has 3 aromatic rings. The van der Waals surface area contributed by atoms with Crippen LogP contribution in [0.5, 0.6) is 11.6 Å². The van der Waals surface area contributed by atoms with Crippen LogP contribution in [-0.2, 0) is 22.5 Å². The molecule has 0 bridgehead atoms. The highest BCUT2D eigenvalue weighted by molar-refractivity contribution is 5.71. The first-order chi connectivity index (χ1) is 20.9. The molecule has 226 valence electrons. The normalized spacial score (nSPS) is 21.4. The van der Waals surface area contributed by atoms with E-state index in [-0.39, 0.29) is 17.8 Å². The third-order valence-electron chi connectivity index (χ3n) is 9.77. The molecule has 2 saturated carbocycles. The SMILES string of the molecule is COc1cc(-c2ccc(C3CCc4ccc([C@H](C5CC5)[C@H](C)C(=O)O)cc4O3)cc2CN(C2CC2)C2COC2)c(F)cn1. The maximum atomic E-state index is 15.2. The van der Waals surface area contributed by atoms with Gasteiger partial charge in [0.2, 0.25) is 5.88 Å². The monoisotopic (exact) mass is 586 g/mol. The highest BCUT2D eigenvalue weighted by atomic mass is 19.1. The van der Waals surface area contributed by atoms with E-state index in [1.165, 1.54) is 26.1 Å². The molecule has 2 aliphatic heterocycles. The molecule has 8 heteroatoms. The maximum Gasteiger partial charge on any atom is 0.306 e. The molecular formula is C35H39FN2O5. The van der Waals surface area contributed by atoms with Crippen LogP contribution in [-0.4, -0.2) is 53.4 Å². The Morgan fingerprint density at radius 3 is 2.56 bits per heavy atom. The number of benzene rings is 2.